The van der Waals surface area contributed by atoms with Gasteiger partial charge in [-0.05, 0) is 12.1 Å². The van der Waals surface area contributed by atoms with Gasteiger partial charge in [0.2, 0.25) is 5.91 Å². The highest BCUT2D eigenvalue weighted by atomic mass is 35.5. The number of nitroso groups, excluding NO2 is 1. The molecule has 0 aliphatic rings. The van der Waals surface area contributed by atoms with Crippen LogP contribution in [-0.2, 0) is 4.79 Å². The molecule has 0 aliphatic carbocycles. The predicted octanol–water partition coefficient (Wildman–Crippen LogP) is 2.18. The van der Waals surface area contributed by atoms with E-state index in [9.17, 15) is 14.1 Å². The molecule has 4 nitrogen and oxygen atoms in total. The molecule has 14 heavy (non-hydrogen) atoms. The molecule has 0 saturated heterocycles. The van der Waals surface area contributed by atoms with Crippen molar-refractivity contribution in [1.29, 1.82) is 0 Å². The predicted molar refractivity (Wildman–Crippen MR) is 50.7 cm³/mol. The number of nitrogens with zero attached hydrogens (tertiary/aromatic N) is 1. The van der Waals surface area contributed by atoms with Gasteiger partial charge in [-0.15, -0.1) is 0 Å². The van der Waals surface area contributed by atoms with Crippen LogP contribution in [0.15, 0.2) is 23.4 Å². The van der Waals surface area contributed by atoms with Crippen LogP contribution in [0.1, 0.15) is 0 Å². The lowest BCUT2D eigenvalue weighted by molar-refractivity contribution is -0.114. The van der Waals surface area contributed by atoms with Crippen molar-refractivity contribution in [3.8, 4) is 0 Å². The Morgan fingerprint density at radius 2 is 2.29 bits per heavy atom. The molecule has 0 atom stereocenters. The summed E-state index contributed by atoms with van der Waals surface area (Å²) in [5.41, 5.74) is -0.0637. The number of carbonyl (C=O) groups is 1. The van der Waals surface area contributed by atoms with Crippen molar-refractivity contribution in [3.05, 3.63) is 33.9 Å². The maximum Gasteiger partial charge on any atom is 0.249 e. The number of carbonyl (C=O) groups excluding carboxylic acids is 1. The average Bonchev–Trinajstić information content (AvgIpc) is 2.13. The summed E-state index contributed by atoms with van der Waals surface area (Å²) in [5.74, 6) is -1.41. The minimum Gasteiger partial charge on any atom is -0.322 e. The van der Waals surface area contributed by atoms with Gasteiger partial charge in [-0.25, -0.2) is 4.39 Å². The number of hydrogen-bond donors (Lipinski definition) is 1. The molecular weight excluding hydrogens is 211 g/mol. The number of nitrogens with one attached hydrogen (secondary N) is 1. The molecule has 1 amide bonds. The zero-order valence-electron chi connectivity index (χ0n) is 6.96. The summed E-state index contributed by atoms with van der Waals surface area (Å²) >= 11 is 5.46. The first-order valence-electron chi connectivity index (χ1n) is 3.68. The van der Waals surface area contributed by atoms with E-state index >= 15 is 0 Å². The fourth-order valence-electron chi connectivity index (χ4n) is 0.849. The standard InChI is InChI=1S/C8H6ClFN2O2/c9-5-2-1-3-6(8(5)10)12-7(13)4-11-14/h1-3H,4H2,(H,12,13). The van der Waals surface area contributed by atoms with Crippen LogP contribution in [0.5, 0.6) is 0 Å². The Balaban J connectivity index is 2.81. The first kappa shape index (κ1) is 10.6. The zero-order chi connectivity index (χ0) is 10.6. The van der Waals surface area contributed by atoms with Crippen LogP contribution in [0.25, 0.3) is 0 Å². The first-order chi connectivity index (χ1) is 6.65. The smallest absolute Gasteiger partial charge is 0.249 e. The van der Waals surface area contributed by atoms with Crippen LogP contribution in [0, 0.1) is 10.7 Å². The number of halogens is 2. The summed E-state index contributed by atoms with van der Waals surface area (Å²) in [6.07, 6.45) is 0. The highest BCUT2D eigenvalue weighted by Gasteiger charge is 2.08. The van der Waals surface area contributed by atoms with Crippen molar-refractivity contribution in [2.75, 3.05) is 11.9 Å². The molecule has 6 heteroatoms. The summed E-state index contributed by atoms with van der Waals surface area (Å²) in [4.78, 5) is 20.6. The molecule has 0 aromatic heterocycles. The topological polar surface area (TPSA) is 58.5 Å². The van der Waals surface area contributed by atoms with E-state index in [1.54, 1.807) is 0 Å². The van der Waals surface area contributed by atoms with E-state index in [-0.39, 0.29) is 10.7 Å². The molecular formula is C8H6ClFN2O2. The lowest BCUT2D eigenvalue weighted by Gasteiger charge is -2.04. The monoisotopic (exact) mass is 216 g/mol. The Labute approximate surface area is 84.0 Å². The van der Waals surface area contributed by atoms with Gasteiger partial charge in [0.1, 0.15) is 0 Å². The van der Waals surface area contributed by atoms with E-state index in [4.69, 9.17) is 11.6 Å². The maximum absolute atomic E-state index is 13.1. The van der Waals surface area contributed by atoms with Crippen LogP contribution < -0.4 is 5.32 Å². The van der Waals surface area contributed by atoms with Gasteiger partial charge in [0.25, 0.3) is 0 Å². The third-order valence-electron chi connectivity index (χ3n) is 1.43. The molecule has 0 fully saturated rings. The molecule has 0 heterocycles. The Kier molecular flexibility index (Phi) is 3.53. The lowest BCUT2D eigenvalue weighted by atomic mass is 10.3. The molecule has 0 radical (unpaired) electrons. The Morgan fingerprint density at radius 1 is 1.57 bits per heavy atom. The van der Waals surface area contributed by atoms with Crippen LogP contribution in [0.3, 0.4) is 0 Å². The highest BCUT2D eigenvalue weighted by molar-refractivity contribution is 6.31. The molecule has 1 rings (SSSR count). The number of hydrogen-bond acceptors (Lipinski definition) is 3. The largest absolute Gasteiger partial charge is 0.322 e. The third kappa shape index (κ3) is 2.50. The SMILES string of the molecule is O=NCC(=O)Nc1cccc(Cl)c1F. The van der Waals surface area contributed by atoms with E-state index in [2.05, 4.69) is 10.5 Å². The molecule has 1 aromatic carbocycles. The van der Waals surface area contributed by atoms with Gasteiger partial charge in [0, 0.05) is 0 Å². The summed E-state index contributed by atoms with van der Waals surface area (Å²) in [6, 6.07) is 4.17. The quantitative estimate of drug-likeness (QED) is 0.788. The molecule has 0 saturated carbocycles. The minimum atomic E-state index is -0.728. The Bertz CT molecular complexity index is 370. The maximum atomic E-state index is 13.1. The Morgan fingerprint density at radius 3 is 2.93 bits per heavy atom. The van der Waals surface area contributed by atoms with E-state index < -0.39 is 18.3 Å². The normalized spacial score (nSPS) is 9.57. The van der Waals surface area contributed by atoms with E-state index in [0.717, 1.165) is 0 Å². The number of anilines is 1. The summed E-state index contributed by atoms with van der Waals surface area (Å²) in [7, 11) is 0. The van der Waals surface area contributed by atoms with E-state index in [1.165, 1.54) is 18.2 Å². The summed E-state index contributed by atoms with van der Waals surface area (Å²) < 4.78 is 13.1. The summed E-state index contributed by atoms with van der Waals surface area (Å²) in [5, 5.41) is 4.43. The van der Waals surface area contributed by atoms with Gasteiger partial charge < -0.3 is 5.32 Å². The summed E-state index contributed by atoms with van der Waals surface area (Å²) in [6.45, 7) is -0.550. The van der Waals surface area contributed by atoms with Crippen molar-refractivity contribution in [2.45, 2.75) is 0 Å². The van der Waals surface area contributed by atoms with Crippen LogP contribution in [0.4, 0.5) is 10.1 Å². The van der Waals surface area contributed by atoms with Crippen molar-refractivity contribution in [2.24, 2.45) is 5.18 Å². The van der Waals surface area contributed by atoms with Crippen LogP contribution >= 0.6 is 11.6 Å². The number of rotatable bonds is 3. The first-order valence-corrected chi connectivity index (χ1v) is 4.06. The van der Waals surface area contributed by atoms with Crippen LogP contribution in [0.2, 0.25) is 5.02 Å². The van der Waals surface area contributed by atoms with Gasteiger partial charge in [-0.3, -0.25) is 4.79 Å². The molecule has 0 aliphatic heterocycles. The molecule has 0 bridgehead atoms. The zero-order valence-corrected chi connectivity index (χ0v) is 7.71. The Hall–Kier alpha value is -1.49. The second-order valence-corrected chi connectivity index (χ2v) is 2.84. The third-order valence-corrected chi connectivity index (χ3v) is 1.73. The highest BCUT2D eigenvalue weighted by Crippen LogP contribution is 2.21. The fourth-order valence-corrected chi connectivity index (χ4v) is 1.02. The number of benzene rings is 1. The van der Waals surface area contributed by atoms with Crippen molar-refractivity contribution < 1.29 is 9.18 Å². The van der Waals surface area contributed by atoms with Crippen molar-refractivity contribution >= 4 is 23.2 Å². The van der Waals surface area contributed by atoms with Gasteiger partial charge in [0.05, 0.1) is 10.7 Å². The van der Waals surface area contributed by atoms with Gasteiger partial charge >= 0.3 is 0 Å². The van der Waals surface area contributed by atoms with E-state index in [1.807, 2.05) is 0 Å². The van der Waals surface area contributed by atoms with Gasteiger partial charge in [-0.1, -0.05) is 22.8 Å². The lowest BCUT2D eigenvalue weighted by Crippen LogP contribution is -2.15. The molecule has 1 aromatic rings. The average molecular weight is 217 g/mol. The molecule has 74 valence electrons. The molecule has 1 N–H and O–H groups in total. The minimum absolute atomic E-state index is 0.0637. The van der Waals surface area contributed by atoms with Gasteiger partial charge in [-0.2, -0.15) is 4.91 Å². The molecule has 0 unspecified atom stereocenters. The van der Waals surface area contributed by atoms with Crippen LogP contribution in [-0.4, -0.2) is 12.5 Å². The second kappa shape index (κ2) is 4.66. The second-order valence-electron chi connectivity index (χ2n) is 2.44. The molecule has 0 spiro atoms. The van der Waals surface area contributed by atoms with Crippen molar-refractivity contribution in [3.63, 3.8) is 0 Å². The van der Waals surface area contributed by atoms with Gasteiger partial charge in [0.15, 0.2) is 12.4 Å². The van der Waals surface area contributed by atoms with E-state index in [0.29, 0.717) is 0 Å². The fraction of sp³-hybridized carbons (Fsp3) is 0.125. The number of amides is 1. The van der Waals surface area contributed by atoms with Crippen molar-refractivity contribution in [1.82, 2.24) is 0 Å².